The second kappa shape index (κ2) is 4.01. The summed E-state index contributed by atoms with van der Waals surface area (Å²) in [5.74, 6) is 0.00426. The molecule has 1 N–H and O–H groups in total. The van der Waals surface area contributed by atoms with E-state index in [1.165, 1.54) is 5.57 Å². The molecular formula is C12H15NO2. The molecule has 2 atom stereocenters. The van der Waals surface area contributed by atoms with Crippen molar-refractivity contribution in [2.24, 2.45) is 11.8 Å². The van der Waals surface area contributed by atoms with Crippen molar-refractivity contribution < 1.29 is 9.59 Å². The number of hydrogen-bond acceptors (Lipinski definition) is 2. The van der Waals surface area contributed by atoms with E-state index in [2.05, 4.69) is 23.5 Å². The van der Waals surface area contributed by atoms with E-state index in [9.17, 15) is 9.59 Å². The highest BCUT2D eigenvalue weighted by molar-refractivity contribution is 5.98. The lowest BCUT2D eigenvalue weighted by atomic mass is 9.80. The maximum atomic E-state index is 11.6. The van der Waals surface area contributed by atoms with Crippen LogP contribution in [-0.4, -0.2) is 11.8 Å². The first-order chi connectivity index (χ1) is 7.16. The number of nitrogens with one attached hydrogen (secondary N) is 1. The molecule has 0 spiro atoms. The van der Waals surface area contributed by atoms with Crippen molar-refractivity contribution in [1.29, 1.82) is 0 Å². The molecule has 80 valence electrons. The van der Waals surface area contributed by atoms with Gasteiger partial charge in [-0.05, 0) is 25.7 Å². The second-order valence-electron chi connectivity index (χ2n) is 4.27. The fourth-order valence-corrected chi connectivity index (χ4v) is 2.27. The summed E-state index contributed by atoms with van der Waals surface area (Å²) < 4.78 is 0. The van der Waals surface area contributed by atoms with Gasteiger partial charge >= 0.3 is 0 Å². The Hall–Kier alpha value is -1.38. The van der Waals surface area contributed by atoms with Gasteiger partial charge in [0, 0.05) is 12.3 Å². The summed E-state index contributed by atoms with van der Waals surface area (Å²) in [5.41, 5.74) is 1.20. The van der Waals surface area contributed by atoms with Crippen LogP contribution in [0.5, 0.6) is 0 Å². The topological polar surface area (TPSA) is 46.2 Å². The Kier molecular flexibility index (Phi) is 2.71. The van der Waals surface area contributed by atoms with Gasteiger partial charge in [-0.3, -0.25) is 14.9 Å². The molecule has 0 radical (unpaired) electrons. The Bertz CT molecular complexity index is 355. The van der Waals surface area contributed by atoms with Crippen LogP contribution >= 0.6 is 0 Å². The van der Waals surface area contributed by atoms with E-state index in [1.807, 2.05) is 6.92 Å². The molecule has 0 bridgehead atoms. The summed E-state index contributed by atoms with van der Waals surface area (Å²) in [6.45, 7) is 2.04. The standard InChI is InChI=1S/C12H15NO2/c1-8-3-2-4-9(7-8)10-5-6-11(14)13-12(10)15/h2-3,7,9-10H,4-6H2,1H3,(H,13,14,15). The van der Waals surface area contributed by atoms with E-state index in [1.54, 1.807) is 0 Å². The van der Waals surface area contributed by atoms with Crippen molar-refractivity contribution in [3.8, 4) is 0 Å². The summed E-state index contributed by atoms with van der Waals surface area (Å²) in [5, 5.41) is 2.41. The van der Waals surface area contributed by atoms with Crippen LogP contribution in [0.2, 0.25) is 0 Å². The molecule has 0 aromatic carbocycles. The van der Waals surface area contributed by atoms with E-state index >= 15 is 0 Å². The predicted octanol–water partition coefficient (Wildman–Crippen LogP) is 1.56. The van der Waals surface area contributed by atoms with Crippen LogP contribution in [0.3, 0.4) is 0 Å². The molecule has 3 heteroatoms. The van der Waals surface area contributed by atoms with Gasteiger partial charge in [0.2, 0.25) is 11.8 Å². The van der Waals surface area contributed by atoms with Gasteiger partial charge in [-0.25, -0.2) is 0 Å². The zero-order chi connectivity index (χ0) is 10.8. The first kappa shape index (κ1) is 10.1. The fourth-order valence-electron chi connectivity index (χ4n) is 2.27. The summed E-state index contributed by atoms with van der Waals surface area (Å²) in [6, 6.07) is 0. The lowest BCUT2D eigenvalue weighted by Crippen LogP contribution is -2.43. The molecule has 0 aromatic rings. The van der Waals surface area contributed by atoms with Gasteiger partial charge in [0.25, 0.3) is 0 Å². The molecule has 1 aliphatic carbocycles. The van der Waals surface area contributed by atoms with Crippen LogP contribution in [0.1, 0.15) is 26.2 Å². The van der Waals surface area contributed by atoms with Crippen molar-refractivity contribution in [2.45, 2.75) is 26.2 Å². The van der Waals surface area contributed by atoms with Crippen molar-refractivity contribution >= 4 is 11.8 Å². The number of carbonyl (C=O) groups excluding carboxylic acids is 2. The minimum atomic E-state index is -0.136. The van der Waals surface area contributed by atoms with Crippen LogP contribution in [0.15, 0.2) is 23.8 Å². The number of hydrogen-bond donors (Lipinski definition) is 1. The zero-order valence-corrected chi connectivity index (χ0v) is 8.82. The minimum Gasteiger partial charge on any atom is -0.296 e. The molecule has 15 heavy (non-hydrogen) atoms. The van der Waals surface area contributed by atoms with Crippen LogP contribution in [-0.2, 0) is 9.59 Å². The number of rotatable bonds is 1. The quantitative estimate of drug-likeness (QED) is 0.660. The molecule has 3 nitrogen and oxygen atoms in total. The number of imide groups is 1. The van der Waals surface area contributed by atoms with Crippen molar-refractivity contribution in [1.82, 2.24) is 5.32 Å². The third-order valence-corrected chi connectivity index (χ3v) is 3.06. The van der Waals surface area contributed by atoms with E-state index in [4.69, 9.17) is 0 Å². The van der Waals surface area contributed by atoms with Crippen LogP contribution in [0, 0.1) is 11.8 Å². The smallest absolute Gasteiger partial charge is 0.230 e. The summed E-state index contributed by atoms with van der Waals surface area (Å²) in [4.78, 5) is 22.6. The average molecular weight is 205 g/mol. The van der Waals surface area contributed by atoms with Crippen LogP contribution in [0.4, 0.5) is 0 Å². The molecular weight excluding hydrogens is 190 g/mol. The van der Waals surface area contributed by atoms with Gasteiger partial charge in [-0.2, -0.15) is 0 Å². The third-order valence-electron chi connectivity index (χ3n) is 3.06. The Balaban J connectivity index is 2.08. The van der Waals surface area contributed by atoms with Gasteiger partial charge in [0.05, 0.1) is 0 Å². The van der Waals surface area contributed by atoms with Crippen molar-refractivity contribution in [3.63, 3.8) is 0 Å². The van der Waals surface area contributed by atoms with E-state index < -0.39 is 0 Å². The van der Waals surface area contributed by atoms with E-state index in [0.29, 0.717) is 12.8 Å². The molecule has 2 unspecified atom stereocenters. The summed E-state index contributed by atoms with van der Waals surface area (Å²) in [7, 11) is 0. The Labute approximate surface area is 89.2 Å². The maximum Gasteiger partial charge on any atom is 0.230 e. The Morgan fingerprint density at radius 1 is 1.40 bits per heavy atom. The maximum absolute atomic E-state index is 11.6. The third kappa shape index (κ3) is 2.17. The average Bonchev–Trinajstić information content (AvgIpc) is 2.17. The fraction of sp³-hybridized carbons (Fsp3) is 0.500. The van der Waals surface area contributed by atoms with Crippen molar-refractivity contribution in [3.05, 3.63) is 23.8 Å². The SMILES string of the molecule is CC1=CC(C2CCC(=O)NC2=O)CC=C1. The monoisotopic (exact) mass is 205 g/mol. The van der Waals surface area contributed by atoms with Gasteiger partial charge in [-0.15, -0.1) is 0 Å². The molecule has 0 aromatic heterocycles. The van der Waals surface area contributed by atoms with Crippen molar-refractivity contribution in [2.75, 3.05) is 0 Å². The molecule has 1 fully saturated rings. The normalized spacial score (nSPS) is 31.1. The Morgan fingerprint density at radius 2 is 2.20 bits per heavy atom. The molecule has 2 amide bonds. The summed E-state index contributed by atoms with van der Waals surface area (Å²) in [6.07, 6.45) is 8.38. The van der Waals surface area contributed by atoms with Gasteiger partial charge in [-0.1, -0.05) is 23.8 Å². The number of amides is 2. The highest BCUT2D eigenvalue weighted by Gasteiger charge is 2.32. The predicted molar refractivity (Wildman–Crippen MR) is 56.9 cm³/mol. The van der Waals surface area contributed by atoms with Gasteiger partial charge in [0.1, 0.15) is 0 Å². The van der Waals surface area contributed by atoms with Crippen LogP contribution < -0.4 is 5.32 Å². The Morgan fingerprint density at radius 3 is 2.87 bits per heavy atom. The molecule has 0 saturated carbocycles. The van der Waals surface area contributed by atoms with E-state index in [-0.39, 0.29) is 23.7 Å². The molecule has 1 heterocycles. The van der Waals surface area contributed by atoms with Gasteiger partial charge in [0.15, 0.2) is 0 Å². The lowest BCUT2D eigenvalue weighted by Gasteiger charge is -2.27. The molecule has 1 aliphatic heterocycles. The second-order valence-corrected chi connectivity index (χ2v) is 4.27. The zero-order valence-electron chi connectivity index (χ0n) is 8.82. The first-order valence-electron chi connectivity index (χ1n) is 5.35. The number of allylic oxidation sites excluding steroid dienone is 4. The highest BCUT2D eigenvalue weighted by Crippen LogP contribution is 2.29. The molecule has 2 aliphatic rings. The van der Waals surface area contributed by atoms with Gasteiger partial charge < -0.3 is 0 Å². The minimum absolute atomic E-state index is 0.0254. The highest BCUT2D eigenvalue weighted by atomic mass is 16.2. The molecule has 1 saturated heterocycles. The molecule has 2 rings (SSSR count). The van der Waals surface area contributed by atoms with E-state index in [0.717, 1.165) is 6.42 Å². The lowest BCUT2D eigenvalue weighted by molar-refractivity contribution is -0.137. The number of carbonyl (C=O) groups is 2. The number of piperidine rings is 1. The largest absolute Gasteiger partial charge is 0.296 e. The van der Waals surface area contributed by atoms with Crippen LogP contribution in [0.25, 0.3) is 0 Å². The summed E-state index contributed by atoms with van der Waals surface area (Å²) >= 11 is 0. The first-order valence-corrected chi connectivity index (χ1v) is 5.35.